The minimum atomic E-state index is 0.321. The zero-order valence-corrected chi connectivity index (χ0v) is 9.99. The van der Waals surface area contributed by atoms with Crippen molar-refractivity contribution in [3.63, 3.8) is 0 Å². The van der Waals surface area contributed by atoms with E-state index in [9.17, 15) is 5.11 Å². The van der Waals surface area contributed by atoms with Gasteiger partial charge in [-0.05, 0) is 32.2 Å². The minimum absolute atomic E-state index is 0.321. The van der Waals surface area contributed by atoms with E-state index < -0.39 is 0 Å². The van der Waals surface area contributed by atoms with Gasteiger partial charge in [0.05, 0.1) is 5.52 Å². The molecule has 3 heteroatoms. The molecule has 1 aromatic carbocycles. The Labute approximate surface area is 95.7 Å². The number of phenols is 1. The molecule has 86 valence electrons. The molecule has 1 atom stereocenters. The normalized spacial score (nSPS) is 13.2. The number of likely N-dealkylation sites (N-methyl/N-ethyl adjacent to an activating group) is 1. The first-order valence-corrected chi connectivity index (χ1v) is 5.56. The third kappa shape index (κ3) is 1.91. The van der Waals surface area contributed by atoms with Gasteiger partial charge in [-0.3, -0.25) is 0 Å². The molecule has 0 fully saturated rings. The van der Waals surface area contributed by atoms with E-state index in [0.29, 0.717) is 11.8 Å². The Kier molecular flexibility index (Phi) is 2.88. The lowest BCUT2D eigenvalue weighted by Crippen LogP contribution is -2.24. The minimum Gasteiger partial charge on any atom is -0.508 e. The van der Waals surface area contributed by atoms with Crippen molar-refractivity contribution in [1.82, 2.24) is 9.88 Å². The Balaban J connectivity index is 2.44. The standard InChI is InChI=1S/C13H18N2O/c1-9(14-2)6-11-7-10-4-5-12(16)8-13(10)15(11)3/h4-5,7-9,14,16H,6H2,1-3H3. The van der Waals surface area contributed by atoms with Gasteiger partial charge in [0.15, 0.2) is 0 Å². The van der Waals surface area contributed by atoms with Crippen LogP contribution in [-0.2, 0) is 13.5 Å². The average molecular weight is 218 g/mol. The van der Waals surface area contributed by atoms with Crippen LogP contribution in [0.2, 0.25) is 0 Å². The quantitative estimate of drug-likeness (QED) is 0.827. The molecule has 0 aliphatic heterocycles. The monoisotopic (exact) mass is 218 g/mol. The predicted molar refractivity (Wildman–Crippen MR) is 66.8 cm³/mol. The van der Waals surface area contributed by atoms with Gasteiger partial charge < -0.3 is 15.0 Å². The largest absolute Gasteiger partial charge is 0.508 e. The topological polar surface area (TPSA) is 37.2 Å². The summed E-state index contributed by atoms with van der Waals surface area (Å²) in [5.74, 6) is 0.321. The van der Waals surface area contributed by atoms with Crippen LogP contribution in [0.15, 0.2) is 24.3 Å². The number of aryl methyl sites for hydroxylation is 1. The fraction of sp³-hybridized carbons (Fsp3) is 0.385. The summed E-state index contributed by atoms with van der Waals surface area (Å²) in [6.45, 7) is 2.16. The molecule has 0 saturated carbocycles. The van der Waals surface area contributed by atoms with Crippen LogP contribution < -0.4 is 5.32 Å². The molecule has 0 aliphatic carbocycles. The van der Waals surface area contributed by atoms with E-state index in [1.165, 1.54) is 11.1 Å². The fourth-order valence-corrected chi connectivity index (χ4v) is 1.99. The van der Waals surface area contributed by atoms with Crippen molar-refractivity contribution in [1.29, 1.82) is 0 Å². The third-order valence-corrected chi connectivity index (χ3v) is 3.14. The first kappa shape index (κ1) is 11.0. The molecule has 3 nitrogen and oxygen atoms in total. The highest BCUT2D eigenvalue weighted by molar-refractivity contribution is 5.82. The highest BCUT2D eigenvalue weighted by Gasteiger charge is 2.08. The van der Waals surface area contributed by atoms with Gasteiger partial charge in [-0.15, -0.1) is 0 Å². The summed E-state index contributed by atoms with van der Waals surface area (Å²) in [5, 5.41) is 13.9. The highest BCUT2D eigenvalue weighted by atomic mass is 16.3. The molecule has 0 aliphatic rings. The summed E-state index contributed by atoms with van der Waals surface area (Å²) >= 11 is 0. The molecule has 0 amide bonds. The smallest absolute Gasteiger partial charge is 0.117 e. The Morgan fingerprint density at radius 1 is 1.38 bits per heavy atom. The van der Waals surface area contributed by atoms with Crippen LogP contribution >= 0.6 is 0 Å². The van der Waals surface area contributed by atoms with Gasteiger partial charge >= 0.3 is 0 Å². The van der Waals surface area contributed by atoms with Crippen LogP contribution in [0.3, 0.4) is 0 Å². The lowest BCUT2D eigenvalue weighted by molar-refractivity contribution is 0.476. The third-order valence-electron chi connectivity index (χ3n) is 3.14. The van der Waals surface area contributed by atoms with Crippen LogP contribution in [0.1, 0.15) is 12.6 Å². The van der Waals surface area contributed by atoms with Crippen molar-refractivity contribution in [3.05, 3.63) is 30.0 Å². The summed E-state index contributed by atoms with van der Waals surface area (Å²) in [7, 11) is 4.01. The number of nitrogens with zero attached hydrogens (tertiary/aromatic N) is 1. The molecular weight excluding hydrogens is 200 g/mol. The summed E-state index contributed by atoms with van der Waals surface area (Å²) < 4.78 is 2.14. The molecule has 16 heavy (non-hydrogen) atoms. The number of fused-ring (bicyclic) bond motifs is 1. The molecule has 1 aromatic heterocycles. The van der Waals surface area contributed by atoms with Crippen LogP contribution in [0.25, 0.3) is 10.9 Å². The van der Waals surface area contributed by atoms with Crippen molar-refractivity contribution in [2.45, 2.75) is 19.4 Å². The predicted octanol–water partition coefficient (Wildman–Crippen LogP) is 2.03. The van der Waals surface area contributed by atoms with Crippen molar-refractivity contribution in [3.8, 4) is 5.75 Å². The van der Waals surface area contributed by atoms with Crippen LogP contribution in [-0.4, -0.2) is 22.8 Å². The Morgan fingerprint density at radius 3 is 2.81 bits per heavy atom. The van der Waals surface area contributed by atoms with Crippen molar-refractivity contribution >= 4 is 10.9 Å². The van der Waals surface area contributed by atoms with Gasteiger partial charge in [0.2, 0.25) is 0 Å². The van der Waals surface area contributed by atoms with E-state index in [4.69, 9.17) is 0 Å². The van der Waals surface area contributed by atoms with E-state index in [0.717, 1.165) is 11.9 Å². The Morgan fingerprint density at radius 2 is 2.12 bits per heavy atom. The summed E-state index contributed by atoms with van der Waals surface area (Å²) in [4.78, 5) is 0. The van der Waals surface area contributed by atoms with E-state index >= 15 is 0 Å². The van der Waals surface area contributed by atoms with Gasteiger partial charge in [0.1, 0.15) is 5.75 Å². The number of aromatic nitrogens is 1. The first-order chi connectivity index (χ1) is 7.61. The van der Waals surface area contributed by atoms with Gasteiger partial charge in [-0.1, -0.05) is 0 Å². The van der Waals surface area contributed by atoms with Crippen LogP contribution in [0.5, 0.6) is 5.75 Å². The maximum absolute atomic E-state index is 9.47. The molecule has 1 heterocycles. The average Bonchev–Trinajstić information content (AvgIpc) is 2.56. The lowest BCUT2D eigenvalue weighted by Gasteiger charge is -2.10. The molecule has 0 radical (unpaired) electrons. The van der Waals surface area contributed by atoms with Crippen molar-refractivity contribution in [2.75, 3.05) is 7.05 Å². The fourth-order valence-electron chi connectivity index (χ4n) is 1.99. The Bertz CT molecular complexity index is 502. The zero-order chi connectivity index (χ0) is 11.7. The highest BCUT2D eigenvalue weighted by Crippen LogP contribution is 2.23. The maximum Gasteiger partial charge on any atom is 0.117 e. The second kappa shape index (κ2) is 4.18. The summed E-state index contributed by atoms with van der Waals surface area (Å²) in [5.41, 5.74) is 2.36. The molecule has 2 rings (SSSR count). The number of aromatic hydroxyl groups is 1. The zero-order valence-electron chi connectivity index (χ0n) is 9.99. The molecule has 1 unspecified atom stereocenters. The van der Waals surface area contributed by atoms with Crippen LogP contribution in [0, 0.1) is 0 Å². The molecule has 2 aromatic rings. The summed E-state index contributed by atoms with van der Waals surface area (Å²) in [6.07, 6.45) is 0.989. The lowest BCUT2D eigenvalue weighted by atomic mass is 10.2. The molecule has 0 saturated heterocycles. The maximum atomic E-state index is 9.47. The van der Waals surface area contributed by atoms with Crippen molar-refractivity contribution in [2.24, 2.45) is 7.05 Å². The Hall–Kier alpha value is -1.48. The molecule has 0 bridgehead atoms. The summed E-state index contributed by atoms with van der Waals surface area (Å²) in [6, 6.07) is 8.13. The molecule has 0 spiro atoms. The van der Waals surface area contributed by atoms with E-state index in [1.54, 1.807) is 6.07 Å². The van der Waals surface area contributed by atoms with Crippen molar-refractivity contribution < 1.29 is 5.11 Å². The molecule has 2 N–H and O–H groups in total. The van der Waals surface area contributed by atoms with Gasteiger partial charge in [-0.2, -0.15) is 0 Å². The number of rotatable bonds is 3. The van der Waals surface area contributed by atoms with E-state index in [1.807, 2.05) is 26.2 Å². The van der Waals surface area contributed by atoms with Gasteiger partial charge in [0.25, 0.3) is 0 Å². The van der Waals surface area contributed by atoms with Crippen LogP contribution in [0.4, 0.5) is 0 Å². The number of benzene rings is 1. The number of hydrogen-bond acceptors (Lipinski definition) is 2. The number of phenolic OH excluding ortho intramolecular Hbond substituents is 1. The second-order valence-corrected chi connectivity index (χ2v) is 4.33. The van der Waals surface area contributed by atoms with Gasteiger partial charge in [-0.25, -0.2) is 0 Å². The van der Waals surface area contributed by atoms with E-state index in [2.05, 4.69) is 22.9 Å². The van der Waals surface area contributed by atoms with E-state index in [-0.39, 0.29) is 0 Å². The van der Waals surface area contributed by atoms with Gasteiger partial charge in [0, 0.05) is 36.7 Å². The second-order valence-electron chi connectivity index (χ2n) is 4.33. The SMILES string of the molecule is CNC(C)Cc1cc2ccc(O)cc2n1C. The number of hydrogen-bond donors (Lipinski definition) is 2. The number of nitrogens with one attached hydrogen (secondary N) is 1. The first-order valence-electron chi connectivity index (χ1n) is 5.56. The molecular formula is C13H18N2O.